The molecule has 0 radical (unpaired) electrons. The summed E-state index contributed by atoms with van der Waals surface area (Å²) >= 11 is 5.75. The molecule has 1 aromatic heterocycles. The van der Waals surface area contributed by atoms with Gasteiger partial charge in [-0.05, 0) is 5.92 Å². The van der Waals surface area contributed by atoms with Gasteiger partial charge in [0.2, 0.25) is 5.95 Å². The quantitative estimate of drug-likeness (QED) is 0.787. The van der Waals surface area contributed by atoms with E-state index < -0.39 is 5.82 Å². The Hall–Kier alpha value is -0.900. The van der Waals surface area contributed by atoms with Crippen molar-refractivity contribution in [3.05, 3.63) is 18.2 Å². The first-order valence-corrected chi connectivity index (χ1v) is 4.97. The number of rotatable bonds is 4. The first-order chi connectivity index (χ1) is 6.63. The molecule has 5 heteroatoms. The average molecular weight is 218 g/mol. The van der Waals surface area contributed by atoms with E-state index in [0.717, 1.165) is 12.4 Å². The summed E-state index contributed by atoms with van der Waals surface area (Å²) in [5.41, 5.74) is 0. The van der Waals surface area contributed by atoms with E-state index in [0.29, 0.717) is 17.7 Å². The van der Waals surface area contributed by atoms with E-state index in [1.54, 1.807) is 0 Å². The highest BCUT2D eigenvalue weighted by Gasteiger charge is 2.12. The van der Waals surface area contributed by atoms with Crippen molar-refractivity contribution in [2.24, 2.45) is 5.92 Å². The summed E-state index contributed by atoms with van der Waals surface area (Å²) in [7, 11) is 0. The minimum absolute atomic E-state index is 0.0992. The molecule has 1 aromatic rings. The second-order valence-corrected chi connectivity index (χ2v) is 3.68. The van der Waals surface area contributed by atoms with Gasteiger partial charge in [-0.25, -0.2) is 14.4 Å². The van der Waals surface area contributed by atoms with Crippen LogP contribution in [0.3, 0.4) is 0 Å². The molecule has 0 fully saturated rings. The highest BCUT2D eigenvalue weighted by molar-refractivity contribution is 6.18. The second kappa shape index (κ2) is 5.10. The molecular weight excluding hydrogens is 205 g/mol. The maximum absolute atomic E-state index is 12.5. The molecule has 3 nitrogen and oxygen atoms in total. The molecule has 0 aliphatic carbocycles. The Balaban J connectivity index is 2.63. The maximum Gasteiger partial charge on any atom is 0.223 e. The number of anilines is 1. The third kappa shape index (κ3) is 3.10. The maximum atomic E-state index is 12.5. The van der Waals surface area contributed by atoms with E-state index in [2.05, 4.69) is 15.3 Å². The van der Waals surface area contributed by atoms with Crippen LogP contribution in [0.25, 0.3) is 0 Å². The summed E-state index contributed by atoms with van der Waals surface area (Å²) in [6.45, 7) is 4.09. The van der Waals surface area contributed by atoms with Crippen molar-refractivity contribution >= 4 is 17.5 Å². The van der Waals surface area contributed by atoms with Crippen LogP contribution in [-0.2, 0) is 0 Å². The predicted octanol–water partition coefficient (Wildman–Crippen LogP) is 2.29. The third-order valence-corrected chi connectivity index (χ3v) is 2.24. The summed E-state index contributed by atoms with van der Waals surface area (Å²) < 4.78 is 12.5. The van der Waals surface area contributed by atoms with Crippen molar-refractivity contribution in [3.8, 4) is 0 Å². The van der Waals surface area contributed by atoms with Gasteiger partial charge in [0.1, 0.15) is 0 Å². The lowest BCUT2D eigenvalue weighted by atomic mass is 10.1. The van der Waals surface area contributed by atoms with Gasteiger partial charge in [-0.1, -0.05) is 13.8 Å². The molecule has 0 spiro atoms. The second-order valence-electron chi connectivity index (χ2n) is 3.37. The highest BCUT2D eigenvalue weighted by Crippen LogP contribution is 2.09. The monoisotopic (exact) mass is 217 g/mol. The SMILES string of the molecule is CC(C)C(CCl)Nc1ncc(F)cn1. The van der Waals surface area contributed by atoms with Gasteiger partial charge >= 0.3 is 0 Å². The van der Waals surface area contributed by atoms with E-state index in [4.69, 9.17) is 11.6 Å². The molecule has 0 saturated heterocycles. The average Bonchev–Trinajstić information content (AvgIpc) is 2.16. The fourth-order valence-corrected chi connectivity index (χ4v) is 1.37. The van der Waals surface area contributed by atoms with E-state index >= 15 is 0 Å². The molecule has 1 heterocycles. The van der Waals surface area contributed by atoms with Crippen molar-refractivity contribution < 1.29 is 4.39 Å². The number of alkyl halides is 1. The lowest BCUT2D eigenvalue weighted by molar-refractivity contribution is 0.558. The van der Waals surface area contributed by atoms with E-state index in [-0.39, 0.29) is 6.04 Å². The van der Waals surface area contributed by atoms with Gasteiger partial charge in [-0.15, -0.1) is 11.6 Å². The molecule has 1 N–H and O–H groups in total. The first kappa shape index (κ1) is 11.2. The molecule has 1 rings (SSSR count). The van der Waals surface area contributed by atoms with Crippen LogP contribution in [0.4, 0.5) is 10.3 Å². The molecule has 0 saturated carbocycles. The minimum atomic E-state index is -0.442. The van der Waals surface area contributed by atoms with Gasteiger partial charge in [-0.3, -0.25) is 0 Å². The standard InChI is InChI=1S/C9H13ClFN3/c1-6(2)8(3-10)14-9-12-4-7(11)5-13-9/h4-6,8H,3H2,1-2H3,(H,12,13,14). The van der Waals surface area contributed by atoms with Gasteiger partial charge in [0, 0.05) is 11.9 Å². The van der Waals surface area contributed by atoms with Crippen molar-refractivity contribution in [1.29, 1.82) is 0 Å². The number of hydrogen-bond acceptors (Lipinski definition) is 3. The van der Waals surface area contributed by atoms with Crippen LogP contribution >= 0.6 is 11.6 Å². The van der Waals surface area contributed by atoms with Crippen LogP contribution in [0.2, 0.25) is 0 Å². The van der Waals surface area contributed by atoms with Gasteiger partial charge < -0.3 is 5.32 Å². The van der Waals surface area contributed by atoms with Crippen molar-refractivity contribution in [2.75, 3.05) is 11.2 Å². The molecule has 0 aliphatic rings. The van der Waals surface area contributed by atoms with Crippen LogP contribution in [0.15, 0.2) is 12.4 Å². The lowest BCUT2D eigenvalue weighted by Gasteiger charge is -2.19. The predicted molar refractivity (Wildman–Crippen MR) is 55.0 cm³/mol. The Bertz CT molecular complexity index is 276. The molecule has 1 unspecified atom stereocenters. The molecule has 14 heavy (non-hydrogen) atoms. The van der Waals surface area contributed by atoms with Gasteiger partial charge in [-0.2, -0.15) is 0 Å². The number of aromatic nitrogens is 2. The smallest absolute Gasteiger partial charge is 0.223 e. The van der Waals surface area contributed by atoms with E-state index in [1.807, 2.05) is 13.8 Å². The van der Waals surface area contributed by atoms with Crippen LogP contribution in [0.1, 0.15) is 13.8 Å². The Morgan fingerprint density at radius 3 is 2.43 bits per heavy atom. The normalized spacial score (nSPS) is 12.9. The third-order valence-electron chi connectivity index (χ3n) is 1.91. The van der Waals surface area contributed by atoms with E-state index in [9.17, 15) is 4.39 Å². The molecule has 78 valence electrons. The molecule has 0 aromatic carbocycles. The largest absolute Gasteiger partial charge is 0.350 e. The van der Waals surface area contributed by atoms with Crippen molar-refractivity contribution in [2.45, 2.75) is 19.9 Å². The number of nitrogens with one attached hydrogen (secondary N) is 1. The number of hydrogen-bond donors (Lipinski definition) is 1. The molecule has 0 aliphatic heterocycles. The zero-order chi connectivity index (χ0) is 10.6. The summed E-state index contributed by atoms with van der Waals surface area (Å²) in [5.74, 6) is 0.813. The summed E-state index contributed by atoms with van der Waals surface area (Å²) in [6.07, 6.45) is 2.25. The molecule has 0 bridgehead atoms. The first-order valence-electron chi connectivity index (χ1n) is 4.43. The van der Waals surface area contributed by atoms with Crippen molar-refractivity contribution in [1.82, 2.24) is 9.97 Å². The van der Waals surface area contributed by atoms with Gasteiger partial charge in [0.25, 0.3) is 0 Å². The zero-order valence-corrected chi connectivity index (χ0v) is 8.92. The van der Waals surface area contributed by atoms with Gasteiger partial charge in [0.15, 0.2) is 5.82 Å². The fourth-order valence-electron chi connectivity index (χ4n) is 0.936. The zero-order valence-electron chi connectivity index (χ0n) is 8.17. The minimum Gasteiger partial charge on any atom is -0.350 e. The Labute approximate surface area is 87.7 Å². The molecule has 1 atom stereocenters. The topological polar surface area (TPSA) is 37.8 Å². The Morgan fingerprint density at radius 1 is 1.43 bits per heavy atom. The number of nitrogens with zero attached hydrogens (tertiary/aromatic N) is 2. The highest BCUT2D eigenvalue weighted by atomic mass is 35.5. The van der Waals surface area contributed by atoms with Crippen molar-refractivity contribution in [3.63, 3.8) is 0 Å². The Morgan fingerprint density at radius 2 is 2.00 bits per heavy atom. The summed E-state index contributed by atoms with van der Waals surface area (Å²) in [6, 6.07) is 0.0992. The summed E-state index contributed by atoms with van der Waals surface area (Å²) in [4.78, 5) is 7.59. The van der Waals surface area contributed by atoms with Crippen LogP contribution < -0.4 is 5.32 Å². The van der Waals surface area contributed by atoms with Gasteiger partial charge in [0.05, 0.1) is 12.4 Å². The van der Waals surface area contributed by atoms with Crippen LogP contribution in [0, 0.1) is 11.7 Å². The molecule has 0 amide bonds. The Kier molecular flexibility index (Phi) is 4.07. The fraction of sp³-hybridized carbons (Fsp3) is 0.556. The summed E-state index contributed by atoms with van der Waals surface area (Å²) in [5, 5.41) is 3.03. The van der Waals surface area contributed by atoms with E-state index in [1.165, 1.54) is 0 Å². The number of halogens is 2. The van der Waals surface area contributed by atoms with Crippen LogP contribution in [-0.4, -0.2) is 21.9 Å². The molecular formula is C9H13ClFN3. The van der Waals surface area contributed by atoms with Crippen LogP contribution in [0.5, 0.6) is 0 Å². The lowest BCUT2D eigenvalue weighted by Crippen LogP contribution is -2.28.